The number of hydrogen-bond acceptors (Lipinski definition) is 5. The van der Waals surface area contributed by atoms with Gasteiger partial charge in [0.05, 0.1) is 27.4 Å². The fourth-order valence-electron chi connectivity index (χ4n) is 1.65. The molecule has 1 heterocycles. The highest BCUT2D eigenvalue weighted by atomic mass is 35.5. The molecule has 1 aromatic carbocycles. The van der Waals surface area contributed by atoms with Crippen LogP contribution in [0.25, 0.3) is 0 Å². The fourth-order valence-corrected chi connectivity index (χ4v) is 1.80. The smallest absolute Gasteiger partial charge is 0.273 e. The van der Waals surface area contributed by atoms with E-state index < -0.39 is 10.8 Å². The number of aromatic nitrogens is 2. The van der Waals surface area contributed by atoms with E-state index in [1.807, 2.05) is 0 Å². The average molecular weight is 311 g/mol. The molecule has 0 bridgehead atoms. The number of phenolic OH excluding ortho intramolecular Hbond substituents is 1. The van der Waals surface area contributed by atoms with Crippen LogP contribution in [-0.4, -0.2) is 25.7 Å². The molecule has 0 atom stereocenters. The molecule has 0 aliphatic carbocycles. The fraction of sp³-hybridized carbons (Fsp3) is 0.167. The molecule has 21 heavy (non-hydrogen) atoms. The maximum Gasteiger partial charge on any atom is 0.273 e. The molecule has 110 valence electrons. The molecule has 0 unspecified atom stereocenters. The number of benzene rings is 1. The first-order valence-corrected chi connectivity index (χ1v) is 6.21. The maximum atomic E-state index is 11.8. The molecule has 0 radical (unpaired) electrons. The van der Waals surface area contributed by atoms with Gasteiger partial charge in [-0.05, 0) is 13.0 Å². The van der Waals surface area contributed by atoms with E-state index in [4.69, 9.17) is 11.6 Å². The van der Waals surface area contributed by atoms with E-state index in [9.17, 15) is 20.0 Å². The molecule has 1 amide bonds. The number of hydrogen-bond donors (Lipinski definition) is 2. The molecular formula is C12H11ClN4O4. The second kappa shape index (κ2) is 5.80. The first kappa shape index (κ1) is 14.8. The Labute approximate surface area is 124 Å². The molecule has 1 aromatic heterocycles. The predicted octanol–water partition coefficient (Wildman–Crippen LogP) is 2.10. The Balaban J connectivity index is 2.07. The van der Waals surface area contributed by atoms with Crippen molar-refractivity contribution in [3.05, 3.63) is 45.2 Å². The summed E-state index contributed by atoms with van der Waals surface area (Å²) in [6.45, 7) is 1.61. The van der Waals surface area contributed by atoms with Gasteiger partial charge >= 0.3 is 0 Å². The van der Waals surface area contributed by atoms with Gasteiger partial charge < -0.3 is 10.4 Å². The lowest BCUT2D eigenvalue weighted by atomic mass is 10.2. The minimum atomic E-state index is -0.639. The van der Waals surface area contributed by atoms with Crippen LogP contribution in [0.1, 0.15) is 5.69 Å². The molecular weight excluding hydrogens is 300 g/mol. The van der Waals surface area contributed by atoms with E-state index in [-0.39, 0.29) is 23.7 Å². The van der Waals surface area contributed by atoms with Crippen molar-refractivity contribution in [3.8, 4) is 5.75 Å². The van der Waals surface area contributed by atoms with Crippen molar-refractivity contribution in [2.75, 3.05) is 5.32 Å². The van der Waals surface area contributed by atoms with Gasteiger partial charge in [-0.25, -0.2) is 0 Å². The van der Waals surface area contributed by atoms with Crippen molar-refractivity contribution in [1.29, 1.82) is 0 Å². The number of amides is 1. The third-order valence-electron chi connectivity index (χ3n) is 2.66. The van der Waals surface area contributed by atoms with E-state index in [1.165, 1.54) is 23.0 Å². The van der Waals surface area contributed by atoms with E-state index in [2.05, 4.69) is 10.4 Å². The molecule has 0 aliphatic rings. The Morgan fingerprint density at radius 3 is 2.81 bits per heavy atom. The number of rotatable bonds is 4. The Kier molecular flexibility index (Phi) is 4.08. The van der Waals surface area contributed by atoms with Gasteiger partial charge in [0, 0.05) is 12.3 Å². The number of nitrogens with one attached hydrogen (secondary N) is 1. The lowest BCUT2D eigenvalue weighted by Gasteiger charge is -2.07. The molecule has 2 rings (SSSR count). The van der Waals surface area contributed by atoms with Crippen LogP contribution in [0.4, 0.5) is 11.4 Å². The number of carbonyl (C=O) groups excluding carboxylic acids is 1. The van der Waals surface area contributed by atoms with E-state index >= 15 is 0 Å². The summed E-state index contributed by atoms with van der Waals surface area (Å²) in [6.07, 6.45) is 1.51. The highest BCUT2D eigenvalue weighted by Crippen LogP contribution is 2.27. The average Bonchev–Trinajstić information content (AvgIpc) is 2.70. The zero-order valence-electron chi connectivity index (χ0n) is 10.9. The highest BCUT2D eigenvalue weighted by Gasteiger charge is 2.13. The first-order chi connectivity index (χ1) is 9.86. The maximum absolute atomic E-state index is 11.8. The summed E-state index contributed by atoms with van der Waals surface area (Å²) in [5, 5.41) is 27.1. The monoisotopic (exact) mass is 310 g/mol. The van der Waals surface area contributed by atoms with Gasteiger partial charge in [-0.2, -0.15) is 5.10 Å². The van der Waals surface area contributed by atoms with Crippen LogP contribution in [0, 0.1) is 17.0 Å². The second-order valence-corrected chi connectivity index (χ2v) is 4.67. The molecule has 0 spiro atoms. The van der Waals surface area contributed by atoms with E-state index in [0.29, 0.717) is 10.7 Å². The molecule has 0 saturated heterocycles. The first-order valence-electron chi connectivity index (χ1n) is 5.83. The topological polar surface area (TPSA) is 110 Å². The third-order valence-corrected chi connectivity index (χ3v) is 3.03. The van der Waals surface area contributed by atoms with Gasteiger partial charge in [0.25, 0.3) is 5.69 Å². The molecule has 2 aromatic rings. The summed E-state index contributed by atoms with van der Waals surface area (Å²) in [5.74, 6) is -0.828. The van der Waals surface area contributed by atoms with Crippen molar-refractivity contribution in [1.82, 2.24) is 9.78 Å². The molecule has 2 N–H and O–H groups in total. The van der Waals surface area contributed by atoms with Crippen LogP contribution in [0.5, 0.6) is 5.75 Å². The number of carbonyl (C=O) groups is 1. The van der Waals surface area contributed by atoms with Crippen LogP contribution in [-0.2, 0) is 11.3 Å². The van der Waals surface area contributed by atoms with Crippen molar-refractivity contribution in [3.63, 3.8) is 0 Å². The predicted molar refractivity (Wildman–Crippen MR) is 75.4 cm³/mol. The summed E-state index contributed by atoms with van der Waals surface area (Å²) in [6, 6.07) is 3.40. The van der Waals surface area contributed by atoms with Crippen LogP contribution in [0.3, 0.4) is 0 Å². The van der Waals surface area contributed by atoms with Crippen molar-refractivity contribution < 1.29 is 14.8 Å². The van der Waals surface area contributed by atoms with Crippen LogP contribution < -0.4 is 5.32 Å². The zero-order chi connectivity index (χ0) is 15.6. The van der Waals surface area contributed by atoms with Gasteiger partial charge in [0.2, 0.25) is 5.91 Å². The van der Waals surface area contributed by atoms with Gasteiger partial charge in [-0.15, -0.1) is 0 Å². The Bertz CT molecular complexity index is 694. The Hall–Kier alpha value is -2.61. The number of non-ortho nitro benzene ring substituents is 1. The molecule has 0 saturated carbocycles. The van der Waals surface area contributed by atoms with Crippen LogP contribution in [0.15, 0.2) is 24.4 Å². The number of anilines is 1. The second-order valence-electron chi connectivity index (χ2n) is 4.27. The highest BCUT2D eigenvalue weighted by molar-refractivity contribution is 6.31. The van der Waals surface area contributed by atoms with Gasteiger partial charge in [-0.1, -0.05) is 11.6 Å². The molecule has 0 aliphatic heterocycles. The number of nitro groups is 1. The largest absolute Gasteiger partial charge is 0.506 e. The Morgan fingerprint density at radius 2 is 2.29 bits per heavy atom. The molecule has 8 nitrogen and oxygen atoms in total. The number of halogens is 1. The summed E-state index contributed by atoms with van der Waals surface area (Å²) in [4.78, 5) is 21.7. The molecule has 0 fully saturated rings. The Morgan fingerprint density at radius 1 is 1.57 bits per heavy atom. The summed E-state index contributed by atoms with van der Waals surface area (Å²) >= 11 is 5.83. The minimum Gasteiger partial charge on any atom is -0.506 e. The van der Waals surface area contributed by atoms with Crippen molar-refractivity contribution in [2.24, 2.45) is 0 Å². The minimum absolute atomic E-state index is 0.0839. The number of nitro benzene ring substituents is 1. The van der Waals surface area contributed by atoms with Crippen LogP contribution in [0.2, 0.25) is 5.02 Å². The summed E-state index contributed by atoms with van der Waals surface area (Å²) in [5.41, 5.74) is 0.420. The van der Waals surface area contributed by atoms with Gasteiger partial charge in [0.1, 0.15) is 12.3 Å². The number of aryl methyl sites for hydroxylation is 1. The van der Waals surface area contributed by atoms with Gasteiger partial charge in [0.15, 0.2) is 0 Å². The van der Waals surface area contributed by atoms with Crippen molar-refractivity contribution in [2.45, 2.75) is 13.5 Å². The van der Waals surface area contributed by atoms with E-state index in [1.54, 1.807) is 6.92 Å². The SMILES string of the molecule is Cc1nn(CC(=O)Nc2ccc([N+](=O)[O-])cc2O)cc1Cl. The van der Waals surface area contributed by atoms with E-state index in [0.717, 1.165) is 6.07 Å². The normalized spacial score (nSPS) is 10.4. The zero-order valence-corrected chi connectivity index (χ0v) is 11.7. The number of aromatic hydroxyl groups is 1. The lowest BCUT2D eigenvalue weighted by molar-refractivity contribution is -0.384. The van der Waals surface area contributed by atoms with Crippen LogP contribution >= 0.6 is 11.6 Å². The van der Waals surface area contributed by atoms with Crippen molar-refractivity contribution >= 4 is 28.9 Å². The lowest BCUT2D eigenvalue weighted by Crippen LogP contribution is -2.19. The molecule has 9 heteroatoms. The summed E-state index contributed by atoms with van der Waals surface area (Å²) in [7, 11) is 0. The number of phenols is 1. The van der Waals surface area contributed by atoms with Gasteiger partial charge in [-0.3, -0.25) is 19.6 Å². The third kappa shape index (κ3) is 3.48. The standard InChI is InChI=1S/C12H11ClN4O4/c1-7-9(13)5-16(15-7)6-12(19)14-10-3-2-8(17(20)21)4-11(10)18/h2-5,18H,6H2,1H3,(H,14,19). The quantitative estimate of drug-likeness (QED) is 0.510. The summed E-state index contributed by atoms with van der Waals surface area (Å²) < 4.78 is 1.36. The number of nitrogens with zero attached hydrogens (tertiary/aromatic N) is 3.